The summed E-state index contributed by atoms with van der Waals surface area (Å²) in [5, 5.41) is 11.3. The molecular formula is C32H28N6O3. The molecule has 9 nitrogen and oxygen atoms in total. The van der Waals surface area contributed by atoms with Crippen LogP contribution < -0.4 is 16.2 Å². The third kappa shape index (κ3) is 5.49. The quantitative estimate of drug-likeness (QED) is 0.184. The van der Waals surface area contributed by atoms with Gasteiger partial charge in [-0.1, -0.05) is 48.8 Å². The van der Waals surface area contributed by atoms with Gasteiger partial charge in [-0.2, -0.15) is 5.10 Å². The normalized spacial score (nSPS) is 11.5. The Morgan fingerprint density at radius 2 is 1.93 bits per heavy atom. The van der Waals surface area contributed by atoms with E-state index in [2.05, 4.69) is 39.1 Å². The molecule has 3 aromatic heterocycles. The lowest BCUT2D eigenvalue weighted by Gasteiger charge is -2.21. The molecule has 9 heteroatoms. The molecule has 0 unspecified atom stereocenters. The van der Waals surface area contributed by atoms with E-state index in [1.54, 1.807) is 40.5 Å². The molecule has 0 aliphatic rings. The molecule has 1 atom stereocenters. The van der Waals surface area contributed by atoms with Crippen molar-refractivity contribution in [1.82, 2.24) is 29.8 Å². The van der Waals surface area contributed by atoms with E-state index in [1.807, 2.05) is 55.5 Å². The highest BCUT2D eigenvalue weighted by atomic mass is 16.2. The zero-order valence-corrected chi connectivity index (χ0v) is 22.7. The van der Waals surface area contributed by atoms with E-state index >= 15 is 0 Å². The molecule has 0 bridgehead atoms. The van der Waals surface area contributed by atoms with Crippen molar-refractivity contribution in [2.45, 2.75) is 26.3 Å². The van der Waals surface area contributed by atoms with Crippen LogP contribution in [0.5, 0.6) is 0 Å². The number of aromatic nitrogens is 4. The van der Waals surface area contributed by atoms with E-state index in [0.29, 0.717) is 57.6 Å². The average molecular weight is 545 g/mol. The van der Waals surface area contributed by atoms with Crippen LogP contribution in [0.15, 0.2) is 90.5 Å². The number of pyridine rings is 1. The summed E-state index contributed by atoms with van der Waals surface area (Å²) in [7, 11) is 0. The number of rotatable bonds is 7. The molecule has 41 heavy (non-hydrogen) atoms. The molecule has 0 saturated carbocycles. The Labute approximate surface area is 236 Å². The van der Waals surface area contributed by atoms with Crippen molar-refractivity contribution in [1.29, 1.82) is 0 Å². The van der Waals surface area contributed by atoms with Crippen LogP contribution in [0.4, 0.5) is 0 Å². The van der Waals surface area contributed by atoms with Gasteiger partial charge in [0.1, 0.15) is 5.56 Å². The first kappa shape index (κ1) is 27.1. The molecule has 5 rings (SSSR count). The Balaban J connectivity index is 1.56. The van der Waals surface area contributed by atoms with E-state index in [9.17, 15) is 14.4 Å². The summed E-state index contributed by atoms with van der Waals surface area (Å²) >= 11 is 0. The van der Waals surface area contributed by atoms with Crippen molar-refractivity contribution in [3.05, 3.63) is 119 Å². The fourth-order valence-electron chi connectivity index (χ4n) is 4.73. The summed E-state index contributed by atoms with van der Waals surface area (Å²) in [6.07, 6.45) is 4.98. The summed E-state index contributed by atoms with van der Waals surface area (Å²) in [6, 6.07) is 17.9. The predicted octanol–water partition coefficient (Wildman–Crippen LogP) is 3.88. The largest absolute Gasteiger partial charge is 0.352 e. The van der Waals surface area contributed by atoms with Gasteiger partial charge in [-0.3, -0.25) is 19.0 Å². The molecule has 0 spiro atoms. The molecule has 0 fully saturated rings. The first-order chi connectivity index (χ1) is 19.9. The van der Waals surface area contributed by atoms with Crippen LogP contribution in [0.25, 0.3) is 22.1 Å². The Kier molecular flexibility index (Phi) is 7.74. The maximum absolute atomic E-state index is 14.1. The Bertz CT molecular complexity index is 1910. The monoisotopic (exact) mass is 544 g/mol. The molecule has 0 saturated heterocycles. The second-order valence-electron chi connectivity index (χ2n) is 9.41. The van der Waals surface area contributed by atoms with Crippen LogP contribution in [0, 0.1) is 18.8 Å². The van der Waals surface area contributed by atoms with E-state index in [4.69, 9.17) is 0 Å². The van der Waals surface area contributed by atoms with E-state index < -0.39 is 6.04 Å². The lowest BCUT2D eigenvalue weighted by molar-refractivity contribution is -0.116. The number of carbonyl (C=O) groups is 2. The number of nitrogens with zero attached hydrogens (tertiary/aromatic N) is 4. The van der Waals surface area contributed by atoms with Gasteiger partial charge < -0.3 is 10.6 Å². The van der Waals surface area contributed by atoms with Crippen LogP contribution in [-0.4, -0.2) is 37.5 Å². The van der Waals surface area contributed by atoms with Gasteiger partial charge in [0.15, 0.2) is 5.65 Å². The highest BCUT2D eigenvalue weighted by molar-refractivity contribution is 6.01. The van der Waals surface area contributed by atoms with Crippen LogP contribution in [-0.2, 0) is 4.79 Å². The standard InChI is InChI=1S/C32H28N6O3/c1-4-27(39)33-17-9-8-12-23-13-10-14-24-20-26(38(32(41)29(23)24)25-15-6-5-7-16-25)21(2)35-31(40)28-22(3)36-37-19-11-18-34-30(28)37/h4-7,10-11,13-16,18-21H,1,9,17H2,2-3H3,(H,33,39)(H,35,40)/t21-/m0/s1. The van der Waals surface area contributed by atoms with Crippen molar-refractivity contribution in [2.75, 3.05) is 6.54 Å². The average Bonchev–Trinajstić information content (AvgIpc) is 3.32. The number of nitrogens with one attached hydrogen (secondary N) is 2. The number of hydrogen-bond acceptors (Lipinski definition) is 5. The maximum Gasteiger partial charge on any atom is 0.264 e. The zero-order valence-electron chi connectivity index (χ0n) is 22.7. The lowest BCUT2D eigenvalue weighted by atomic mass is 10.0. The number of amides is 2. The highest BCUT2D eigenvalue weighted by Gasteiger charge is 2.23. The summed E-state index contributed by atoms with van der Waals surface area (Å²) in [5.41, 5.74) is 3.02. The van der Waals surface area contributed by atoms with Crippen molar-refractivity contribution in [3.8, 4) is 17.5 Å². The molecule has 0 radical (unpaired) electrons. The van der Waals surface area contributed by atoms with Crippen molar-refractivity contribution < 1.29 is 9.59 Å². The second kappa shape index (κ2) is 11.7. The topological polar surface area (TPSA) is 110 Å². The minimum Gasteiger partial charge on any atom is -0.352 e. The van der Waals surface area contributed by atoms with E-state index in [0.717, 1.165) is 0 Å². The number of hydrogen-bond donors (Lipinski definition) is 2. The van der Waals surface area contributed by atoms with Gasteiger partial charge in [-0.05, 0) is 55.6 Å². The lowest BCUT2D eigenvalue weighted by Crippen LogP contribution is -2.32. The Morgan fingerprint density at radius 3 is 2.71 bits per heavy atom. The van der Waals surface area contributed by atoms with Gasteiger partial charge in [0.2, 0.25) is 5.91 Å². The molecule has 2 amide bonds. The van der Waals surface area contributed by atoms with Crippen molar-refractivity contribution in [2.24, 2.45) is 0 Å². The second-order valence-corrected chi connectivity index (χ2v) is 9.41. The first-order valence-corrected chi connectivity index (χ1v) is 13.1. The molecule has 0 aliphatic heterocycles. The molecule has 2 N–H and O–H groups in total. The summed E-state index contributed by atoms with van der Waals surface area (Å²) in [5.74, 6) is 5.54. The molecular weight excluding hydrogens is 516 g/mol. The van der Waals surface area contributed by atoms with Gasteiger partial charge >= 0.3 is 0 Å². The zero-order chi connectivity index (χ0) is 28.9. The number of benzene rings is 2. The minimum atomic E-state index is -0.541. The van der Waals surface area contributed by atoms with Gasteiger partial charge in [-0.15, -0.1) is 0 Å². The number of fused-ring (bicyclic) bond motifs is 2. The van der Waals surface area contributed by atoms with Crippen molar-refractivity contribution >= 4 is 28.2 Å². The van der Waals surface area contributed by atoms with Gasteiger partial charge in [0, 0.05) is 42.3 Å². The summed E-state index contributed by atoms with van der Waals surface area (Å²) < 4.78 is 3.19. The number of carbonyl (C=O) groups excluding carboxylic acids is 2. The smallest absolute Gasteiger partial charge is 0.264 e. The van der Waals surface area contributed by atoms with Gasteiger partial charge in [0.25, 0.3) is 11.5 Å². The first-order valence-electron chi connectivity index (χ1n) is 13.1. The SMILES string of the molecule is C=CC(=O)NCCC#Cc1cccc2cc([C@H](C)NC(=O)c3c(C)nn4cccnc34)n(-c3ccccc3)c(=O)c12. The molecule has 5 aromatic rings. The predicted molar refractivity (Wildman–Crippen MR) is 158 cm³/mol. The Hall–Kier alpha value is -5.49. The summed E-state index contributed by atoms with van der Waals surface area (Å²) in [4.78, 5) is 43.3. The molecule has 2 aromatic carbocycles. The molecule has 204 valence electrons. The third-order valence-electron chi connectivity index (χ3n) is 6.64. The van der Waals surface area contributed by atoms with E-state index in [-0.39, 0.29) is 17.4 Å². The maximum atomic E-state index is 14.1. The number of aryl methyl sites for hydroxylation is 1. The summed E-state index contributed by atoms with van der Waals surface area (Å²) in [6.45, 7) is 7.41. The molecule has 0 aliphatic carbocycles. The minimum absolute atomic E-state index is 0.247. The fraction of sp³-hybridized carbons (Fsp3) is 0.156. The van der Waals surface area contributed by atoms with E-state index in [1.165, 1.54) is 6.08 Å². The molecule has 3 heterocycles. The third-order valence-corrected chi connectivity index (χ3v) is 6.64. The van der Waals surface area contributed by atoms with Crippen LogP contribution in [0.3, 0.4) is 0 Å². The van der Waals surface area contributed by atoms with Crippen molar-refractivity contribution in [3.63, 3.8) is 0 Å². The number of para-hydroxylation sites is 1. The van der Waals surface area contributed by atoms with Crippen LogP contribution in [0.1, 0.15) is 46.7 Å². The highest BCUT2D eigenvalue weighted by Crippen LogP contribution is 2.24. The van der Waals surface area contributed by atoms with Crippen LogP contribution >= 0.6 is 0 Å². The Morgan fingerprint density at radius 1 is 1.12 bits per heavy atom. The fourth-order valence-corrected chi connectivity index (χ4v) is 4.73. The van der Waals surface area contributed by atoms with Crippen LogP contribution in [0.2, 0.25) is 0 Å². The van der Waals surface area contributed by atoms with Gasteiger partial charge in [-0.25, -0.2) is 9.50 Å². The van der Waals surface area contributed by atoms with Gasteiger partial charge in [0.05, 0.1) is 17.1 Å².